The van der Waals surface area contributed by atoms with Crippen molar-refractivity contribution in [3.63, 3.8) is 0 Å². The largest absolute Gasteiger partial charge is 1.00 e. The maximum atomic E-state index is 11.0. The van der Waals surface area contributed by atoms with Gasteiger partial charge in [0.1, 0.15) is 6.21 Å². The molecule has 2 heterocycles. The summed E-state index contributed by atoms with van der Waals surface area (Å²) >= 11 is 0. The van der Waals surface area contributed by atoms with Crippen molar-refractivity contribution in [2.45, 2.75) is 13.5 Å². The molecule has 0 atom stereocenters. The Kier molecular flexibility index (Phi) is 11.6. The Balaban J connectivity index is 0.00000312. The molecule has 0 saturated carbocycles. The number of carbonyl (C=O) groups excluding carboxylic acids is 1. The van der Waals surface area contributed by atoms with Crippen LogP contribution in [0, 0.1) is 0 Å². The molecule has 2 aromatic heterocycles. The molecule has 0 bridgehead atoms. The van der Waals surface area contributed by atoms with Gasteiger partial charge in [0.15, 0.2) is 18.6 Å². The van der Waals surface area contributed by atoms with E-state index in [0.717, 1.165) is 0 Å². The topological polar surface area (TPSA) is 125 Å². The maximum absolute atomic E-state index is 11.0. The summed E-state index contributed by atoms with van der Waals surface area (Å²) in [4.78, 5) is 11.0. The van der Waals surface area contributed by atoms with Crippen LogP contribution in [-0.4, -0.2) is 28.8 Å². The second-order valence-electron chi connectivity index (χ2n) is 4.77. The molecule has 4 N–H and O–H groups in total. The first-order valence-corrected chi connectivity index (χ1v) is 6.89. The highest BCUT2D eigenvalue weighted by molar-refractivity contribution is 5.92. The normalized spacial score (nSPS) is 10.5. The lowest BCUT2D eigenvalue weighted by atomic mass is 10.2. The van der Waals surface area contributed by atoms with Crippen LogP contribution in [0.4, 0.5) is 0 Å². The number of nitrogens with two attached hydrogens (primary N) is 1. The maximum Gasteiger partial charge on any atom is 0.258 e. The van der Waals surface area contributed by atoms with E-state index in [1.165, 1.54) is 12.4 Å². The Morgan fingerprint density at radius 3 is 2.31 bits per heavy atom. The molecule has 0 fully saturated rings. The predicted molar refractivity (Wildman–Crippen MR) is 81.6 cm³/mol. The van der Waals surface area contributed by atoms with Crippen LogP contribution in [0.5, 0.6) is 0 Å². The number of nitrogens with zero attached hydrogens (tertiary/aromatic N) is 4. The number of hydrogen-bond acceptors (Lipinski definition) is 6. The van der Waals surface area contributed by atoms with Gasteiger partial charge < -0.3 is 64.1 Å². The zero-order chi connectivity index (χ0) is 17.4. The van der Waals surface area contributed by atoms with Crippen LogP contribution < -0.4 is 62.8 Å². The van der Waals surface area contributed by atoms with Gasteiger partial charge in [-0.3, -0.25) is 9.53 Å². The molecule has 0 aromatic carbocycles. The van der Waals surface area contributed by atoms with E-state index in [1.54, 1.807) is 52.0 Å². The minimum atomic E-state index is -0.488. The highest BCUT2D eigenvalue weighted by atomic mass is 127. The summed E-state index contributed by atoms with van der Waals surface area (Å²) in [5.74, 6) is -0.488. The summed E-state index contributed by atoms with van der Waals surface area (Å²) in [6.45, 7) is 0.448. The number of rotatable bonds is 7. The molecule has 0 spiro atoms. The van der Waals surface area contributed by atoms with Crippen LogP contribution in [0.1, 0.15) is 21.6 Å². The first-order chi connectivity index (χ1) is 11.6. The van der Waals surface area contributed by atoms with Crippen molar-refractivity contribution in [3.05, 3.63) is 59.7 Å². The van der Waals surface area contributed by atoms with Gasteiger partial charge >= 0.3 is 0 Å². The first kappa shape index (κ1) is 24.1. The van der Waals surface area contributed by atoms with Gasteiger partial charge in [0.25, 0.3) is 13.5 Å². The molecule has 2 aromatic rings. The third-order valence-electron chi connectivity index (χ3n) is 3.14. The van der Waals surface area contributed by atoms with Crippen LogP contribution in [0.3, 0.4) is 0 Å². The molecule has 11 heteroatoms. The molecule has 0 saturated heterocycles. The number of amides is 1. The van der Waals surface area contributed by atoms with E-state index in [1.807, 2.05) is 0 Å². The molecule has 140 valence electrons. The quantitative estimate of drug-likeness (QED) is 0.0984. The molecular formula is C15H17I2N5O4. The number of ether oxygens (including phenoxy) is 1. The lowest BCUT2D eigenvalue weighted by molar-refractivity contribution is -0.788. The molecule has 0 radical (unpaired) electrons. The third kappa shape index (κ3) is 7.17. The summed E-state index contributed by atoms with van der Waals surface area (Å²) in [5, 5.41) is 23.2. The molecule has 2 rings (SSSR count). The number of carbonyl (C=O) groups is 1. The van der Waals surface area contributed by atoms with E-state index in [9.17, 15) is 4.79 Å². The van der Waals surface area contributed by atoms with E-state index in [0.29, 0.717) is 16.8 Å². The standard InChI is InChI=1S/C15H15N5O4.2HI/c16-15(21)13-2-4-19(5-3-13)10-24-11-20-6-1-12(8-17-22)7-14(20)9-18-23;;/h1-9H,10-11H2,(H2-,16,21,22,23);2*1H. The number of halogens is 2. The number of hydrogen-bond donors (Lipinski definition) is 3. The van der Waals surface area contributed by atoms with Gasteiger partial charge in [-0.15, -0.1) is 0 Å². The second-order valence-corrected chi connectivity index (χ2v) is 4.77. The minimum Gasteiger partial charge on any atom is -1.00 e. The van der Waals surface area contributed by atoms with Gasteiger partial charge in [0, 0.05) is 29.8 Å². The van der Waals surface area contributed by atoms with Crippen LogP contribution in [-0.2, 0) is 18.2 Å². The zero-order valence-corrected chi connectivity index (χ0v) is 17.8. The summed E-state index contributed by atoms with van der Waals surface area (Å²) in [6, 6.07) is 6.58. The number of oxime groups is 2. The van der Waals surface area contributed by atoms with Gasteiger partial charge in [-0.1, -0.05) is 10.3 Å². The second kappa shape index (κ2) is 12.5. The molecule has 9 nitrogen and oxygen atoms in total. The molecule has 0 unspecified atom stereocenters. The van der Waals surface area contributed by atoms with Gasteiger partial charge in [0.2, 0.25) is 11.6 Å². The van der Waals surface area contributed by atoms with Gasteiger partial charge in [-0.2, -0.15) is 9.13 Å². The van der Waals surface area contributed by atoms with Crippen LogP contribution in [0.15, 0.2) is 53.2 Å². The van der Waals surface area contributed by atoms with Crippen LogP contribution in [0.2, 0.25) is 0 Å². The molecule has 1 amide bonds. The van der Waals surface area contributed by atoms with Crippen LogP contribution in [0.25, 0.3) is 0 Å². The Bertz CT molecular complexity index is 769. The van der Waals surface area contributed by atoms with Gasteiger partial charge in [-0.05, 0) is 0 Å². The summed E-state index contributed by atoms with van der Waals surface area (Å²) in [6.07, 6.45) is 7.57. The van der Waals surface area contributed by atoms with E-state index in [4.69, 9.17) is 20.9 Å². The number of primary amides is 1. The fourth-order valence-corrected chi connectivity index (χ4v) is 1.95. The van der Waals surface area contributed by atoms with Crippen molar-refractivity contribution in [3.8, 4) is 0 Å². The highest BCUT2D eigenvalue weighted by Crippen LogP contribution is 1.97. The van der Waals surface area contributed by atoms with E-state index in [-0.39, 0.29) is 61.4 Å². The Morgan fingerprint density at radius 1 is 1.08 bits per heavy atom. The van der Waals surface area contributed by atoms with Gasteiger partial charge in [-0.25, -0.2) is 0 Å². The monoisotopic (exact) mass is 585 g/mol. The lowest BCUT2D eigenvalue weighted by Gasteiger charge is -2.02. The van der Waals surface area contributed by atoms with Gasteiger partial charge in [0.05, 0.1) is 11.8 Å². The Labute approximate surface area is 183 Å². The fourth-order valence-electron chi connectivity index (χ4n) is 1.95. The molecule has 0 aliphatic carbocycles. The Hall–Kier alpha value is -1.87. The van der Waals surface area contributed by atoms with Crippen molar-refractivity contribution in [1.29, 1.82) is 0 Å². The average molecular weight is 585 g/mol. The van der Waals surface area contributed by atoms with Crippen molar-refractivity contribution < 1.29 is 77.0 Å². The average Bonchev–Trinajstić information content (AvgIpc) is 2.58. The molecule has 26 heavy (non-hydrogen) atoms. The van der Waals surface area contributed by atoms with Crippen molar-refractivity contribution in [1.82, 2.24) is 0 Å². The number of aromatic nitrogens is 2. The van der Waals surface area contributed by atoms with E-state index < -0.39 is 5.91 Å². The predicted octanol–water partition coefficient (Wildman–Crippen LogP) is -6.38. The first-order valence-electron chi connectivity index (χ1n) is 6.89. The highest BCUT2D eigenvalue weighted by Gasteiger charge is 2.11. The van der Waals surface area contributed by atoms with Crippen molar-refractivity contribution in [2.24, 2.45) is 16.0 Å². The minimum absolute atomic E-state index is 0. The van der Waals surface area contributed by atoms with E-state index >= 15 is 0 Å². The van der Waals surface area contributed by atoms with E-state index in [2.05, 4.69) is 10.3 Å². The molecule has 0 aliphatic heterocycles. The summed E-state index contributed by atoms with van der Waals surface area (Å²) in [7, 11) is 0. The zero-order valence-electron chi connectivity index (χ0n) is 13.4. The lowest BCUT2D eigenvalue weighted by Crippen LogP contribution is -3.00. The number of pyridine rings is 2. The molecule has 0 aliphatic rings. The van der Waals surface area contributed by atoms with Crippen molar-refractivity contribution in [2.75, 3.05) is 0 Å². The fraction of sp³-hybridized carbons (Fsp3) is 0.133. The van der Waals surface area contributed by atoms with Crippen LogP contribution >= 0.6 is 0 Å². The van der Waals surface area contributed by atoms with Crippen molar-refractivity contribution >= 4 is 18.3 Å². The summed E-state index contributed by atoms with van der Waals surface area (Å²) < 4.78 is 9.01. The SMILES string of the molecule is NC(=O)c1cc[n+](COC[n+]2ccc(/C=N/O)cc2/C=N/O)cc1.[I-].[I-]. The third-order valence-corrected chi connectivity index (χ3v) is 3.14. The molecular weight excluding hydrogens is 568 g/mol. The summed E-state index contributed by atoms with van der Waals surface area (Å²) in [5.41, 5.74) is 6.80. The Morgan fingerprint density at radius 2 is 1.73 bits per heavy atom. The smallest absolute Gasteiger partial charge is 0.258 e.